The van der Waals surface area contributed by atoms with Crippen LogP contribution in [0.25, 0.3) is 0 Å². The number of hydrogen-bond donors (Lipinski definition) is 0. The molecule has 0 bridgehead atoms. The average Bonchev–Trinajstić information content (AvgIpc) is 1.83. The first-order chi connectivity index (χ1) is 3.85. The molecule has 0 N–H and O–H groups in total. The highest BCUT2D eigenvalue weighted by Gasteiger charge is 1.84. The van der Waals surface area contributed by atoms with Crippen LogP contribution in [-0.2, 0) is 0 Å². The molecule has 0 heterocycles. The van der Waals surface area contributed by atoms with Gasteiger partial charge in [-0.1, -0.05) is 18.5 Å². The van der Waals surface area contributed by atoms with E-state index in [9.17, 15) is 4.39 Å². The summed E-state index contributed by atoms with van der Waals surface area (Å²) in [5, 5.41) is 0. The summed E-state index contributed by atoms with van der Waals surface area (Å²) < 4.78 is 11.5. The van der Waals surface area contributed by atoms with Gasteiger partial charge < -0.3 is 0 Å². The fourth-order valence-electron chi connectivity index (χ4n) is 0.259. The number of nitrogens with zero attached hydrogens (tertiary/aromatic N) is 1. The van der Waals surface area contributed by atoms with E-state index in [4.69, 9.17) is 11.6 Å². The van der Waals surface area contributed by atoms with Crippen molar-refractivity contribution in [1.82, 2.24) is 0 Å². The van der Waals surface area contributed by atoms with Crippen LogP contribution in [0.4, 0.5) is 4.39 Å². The summed E-state index contributed by atoms with van der Waals surface area (Å²) in [5.74, 6) is 0. The van der Waals surface area contributed by atoms with E-state index in [-0.39, 0.29) is 0 Å². The molecule has 0 fully saturated rings. The Morgan fingerprint density at radius 1 is 1.88 bits per heavy atom. The number of rotatable bonds is 2. The van der Waals surface area contributed by atoms with E-state index in [1.54, 1.807) is 6.92 Å². The zero-order valence-corrected chi connectivity index (χ0v) is 5.32. The summed E-state index contributed by atoms with van der Waals surface area (Å²) in [6.45, 7) is 1.80. The summed E-state index contributed by atoms with van der Waals surface area (Å²) in [6.07, 6.45) is 1.01. The van der Waals surface area contributed by atoms with Gasteiger partial charge in [-0.05, 0) is 6.42 Å². The lowest BCUT2D eigenvalue weighted by atomic mass is 10.4. The Morgan fingerprint density at radius 2 is 2.50 bits per heavy atom. The molecule has 46 valence electrons. The maximum atomic E-state index is 11.5. The van der Waals surface area contributed by atoms with Crippen molar-refractivity contribution in [3.05, 3.63) is 12.0 Å². The molecule has 8 heavy (non-hydrogen) atoms. The molecule has 0 aliphatic heterocycles. The Hall–Kier alpha value is -0.370. The minimum absolute atomic E-state index is 0.361. The van der Waals surface area contributed by atoms with Crippen LogP contribution in [0.2, 0.25) is 0 Å². The lowest BCUT2D eigenvalue weighted by Crippen LogP contribution is -1.70. The number of allylic oxidation sites excluding steroid dienone is 1. The Kier molecular flexibility index (Phi) is 4.56. The second-order valence-electron chi connectivity index (χ2n) is 1.18. The van der Waals surface area contributed by atoms with Crippen molar-refractivity contribution >= 4 is 17.3 Å². The molecule has 0 rings (SSSR count). The molecule has 0 amide bonds. The minimum atomic E-state index is 0.361. The van der Waals surface area contributed by atoms with Gasteiger partial charge in [0.1, 0.15) is 6.33 Å². The highest BCUT2D eigenvalue weighted by molar-refractivity contribution is 6.56. The molecule has 0 aromatic carbocycles. The Labute approximate surface area is 52.9 Å². The quantitative estimate of drug-likeness (QED) is 0.516. The average molecular weight is 136 g/mol. The molecule has 0 aromatic rings. The molecule has 0 spiro atoms. The molecule has 0 atom stereocenters. The van der Waals surface area contributed by atoms with Crippen molar-refractivity contribution in [2.45, 2.75) is 13.3 Å². The van der Waals surface area contributed by atoms with Gasteiger partial charge in [-0.3, -0.25) is 0 Å². The first-order valence-electron chi connectivity index (χ1n) is 2.27. The van der Waals surface area contributed by atoms with Crippen molar-refractivity contribution in [2.75, 3.05) is 0 Å². The second-order valence-corrected chi connectivity index (χ2v) is 1.38. The van der Waals surface area contributed by atoms with Crippen molar-refractivity contribution < 1.29 is 4.39 Å². The summed E-state index contributed by atoms with van der Waals surface area (Å²) >= 11 is 5.05. The Bertz CT molecular complexity index is 106. The predicted molar refractivity (Wildman–Crippen MR) is 33.8 cm³/mol. The summed E-state index contributed by atoms with van der Waals surface area (Å²) in [7, 11) is 0. The van der Waals surface area contributed by atoms with Crippen LogP contribution in [0.15, 0.2) is 17.0 Å². The van der Waals surface area contributed by atoms with Crippen LogP contribution in [0, 0.1) is 0 Å². The van der Waals surface area contributed by atoms with Crippen LogP contribution < -0.4 is 0 Å². The SMILES string of the molecule is CCC(=C/F)/N=C/Cl. The van der Waals surface area contributed by atoms with E-state index in [0.29, 0.717) is 18.4 Å². The molecule has 0 aliphatic rings. The normalized spacial score (nSPS) is 13.1. The second kappa shape index (κ2) is 4.78. The van der Waals surface area contributed by atoms with Crippen LogP contribution in [0.3, 0.4) is 0 Å². The number of hydrogen-bond acceptors (Lipinski definition) is 1. The third-order valence-corrected chi connectivity index (χ3v) is 0.800. The third-order valence-electron chi connectivity index (χ3n) is 0.703. The van der Waals surface area contributed by atoms with Gasteiger partial charge in [0.25, 0.3) is 0 Å². The van der Waals surface area contributed by atoms with E-state index in [1.165, 1.54) is 0 Å². The predicted octanol–water partition coefficient (Wildman–Crippen LogP) is 2.47. The van der Waals surface area contributed by atoms with Gasteiger partial charge in [-0.2, -0.15) is 0 Å². The molecule has 0 radical (unpaired) electrons. The van der Waals surface area contributed by atoms with Crippen molar-refractivity contribution in [3.63, 3.8) is 0 Å². The van der Waals surface area contributed by atoms with E-state index < -0.39 is 0 Å². The lowest BCUT2D eigenvalue weighted by molar-refractivity contribution is 0.700. The van der Waals surface area contributed by atoms with Gasteiger partial charge in [-0.25, -0.2) is 9.38 Å². The van der Waals surface area contributed by atoms with E-state index in [0.717, 1.165) is 5.67 Å². The monoisotopic (exact) mass is 135 g/mol. The fraction of sp³-hybridized carbons (Fsp3) is 0.400. The fourth-order valence-corrected chi connectivity index (χ4v) is 0.385. The van der Waals surface area contributed by atoms with E-state index in [2.05, 4.69) is 4.99 Å². The van der Waals surface area contributed by atoms with Gasteiger partial charge in [0.15, 0.2) is 0 Å². The summed E-state index contributed by atoms with van der Waals surface area (Å²) in [6, 6.07) is 0. The van der Waals surface area contributed by atoms with E-state index >= 15 is 0 Å². The summed E-state index contributed by atoms with van der Waals surface area (Å²) in [5.41, 5.74) is 1.41. The van der Waals surface area contributed by atoms with Gasteiger partial charge in [0.05, 0.1) is 11.4 Å². The largest absolute Gasteiger partial charge is 0.247 e. The summed E-state index contributed by atoms with van der Waals surface area (Å²) in [4.78, 5) is 3.49. The van der Waals surface area contributed by atoms with Crippen LogP contribution in [0.5, 0.6) is 0 Å². The number of aliphatic imine (C=N–C) groups is 1. The first-order valence-corrected chi connectivity index (χ1v) is 2.70. The first kappa shape index (κ1) is 7.63. The zero-order valence-electron chi connectivity index (χ0n) is 4.56. The molecule has 0 aromatic heterocycles. The number of halogens is 2. The van der Waals surface area contributed by atoms with Gasteiger partial charge in [-0.15, -0.1) is 0 Å². The van der Waals surface area contributed by atoms with Crippen molar-refractivity contribution in [3.8, 4) is 0 Å². The lowest BCUT2D eigenvalue weighted by Gasteiger charge is -1.86. The molecule has 0 unspecified atom stereocenters. The minimum Gasteiger partial charge on any atom is -0.247 e. The molecule has 0 aliphatic carbocycles. The highest BCUT2D eigenvalue weighted by atomic mass is 35.5. The maximum Gasteiger partial charge on any atom is 0.108 e. The molecule has 0 saturated carbocycles. The third kappa shape index (κ3) is 2.75. The molecular weight excluding hydrogens is 129 g/mol. The Balaban J connectivity index is 3.72. The molecular formula is C5H7ClFN. The van der Waals surface area contributed by atoms with Gasteiger partial charge in [0.2, 0.25) is 0 Å². The van der Waals surface area contributed by atoms with Crippen molar-refractivity contribution in [1.29, 1.82) is 0 Å². The van der Waals surface area contributed by atoms with E-state index in [1.807, 2.05) is 0 Å². The Morgan fingerprint density at radius 3 is 2.62 bits per heavy atom. The highest BCUT2D eigenvalue weighted by Crippen LogP contribution is 2.00. The van der Waals surface area contributed by atoms with Crippen LogP contribution >= 0.6 is 11.6 Å². The van der Waals surface area contributed by atoms with Crippen LogP contribution in [-0.4, -0.2) is 5.67 Å². The molecule has 0 saturated heterocycles. The molecule has 3 heteroatoms. The molecule has 1 nitrogen and oxygen atoms in total. The van der Waals surface area contributed by atoms with Crippen molar-refractivity contribution in [2.24, 2.45) is 4.99 Å². The van der Waals surface area contributed by atoms with Gasteiger partial charge >= 0.3 is 0 Å². The van der Waals surface area contributed by atoms with Gasteiger partial charge in [0, 0.05) is 0 Å². The standard InChI is InChI=1S/C5H7ClFN/c1-2-5(3-7)8-4-6/h3-4H,2H2,1H3/b5-3-,8-4+. The zero-order chi connectivity index (χ0) is 6.41. The van der Waals surface area contributed by atoms with Crippen LogP contribution in [0.1, 0.15) is 13.3 Å². The smallest absolute Gasteiger partial charge is 0.108 e. The topological polar surface area (TPSA) is 12.4 Å². The maximum absolute atomic E-state index is 11.5.